The number of rotatable bonds is 86. The summed E-state index contributed by atoms with van der Waals surface area (Å²) in [5, 5.41) is 20.7. The Bertz CT molecular complexity index is 2990. The van der Waals surface area contributed by atoms with E-state index in [0.717, 1.165) is 161 Å². The second kappa shape index (κ2) is 91.3. The number of hydrogen-bond acceptors (Lipinski definition) is 14. The van der Waals surface area contributed by atoms with Crippen LogP contribution in [0.15, 0.2) is 207 Å². The van der Waals surface area contributed by atoms with Crippen molar-refractivity contribution in [3.05, 3.63) is 207 Å². The minimum absolute atomic E-state index is 0.0260. The Labute approximate surface area is 724 Å². The lowest BCUT2D eigenvalue weighted by molar-refractivity contribution is -0.161. The van der Waals surface area contributed by atoms with E-state index in [1.54, 1.807) is 0 Å². The van der Waals surface area contributed by atoms with Crippen LogP contribution >= 0.6 is 15.6 Å². The summed E-state index contributed by atoms with van der Waals surface area (Å²) in [5.41, 5.74) is 0. The average Bonchev–Trinajstić information content (AvgIpc) is 0.941. The monoisotopic (exact) mass is 1700 g/mol. The third-order valence-corrected chi connectivity index (χ3v) is 20.9. The summed E-state index contributed by atoms with van der Waals surface area (Å²) in [6.45, 7) is 2.27. The van der Waals surface area contributed by atoms with Crippen molar-refractivity contribution in [2.75, 3.05) is 39.6 Å². The predicted molar refractivity (Wildman–Crippen MR) is 500 cm³/mol. The number of unbranched alkanes of at least 4 members (excludes halogenated alkanes) is 29. The van der Waals surface area contributed by atoms with Crippen LogP contribution in [0.1, 0.15) is 355 Å². The average molecular weight is 1700 g/mol. The van der Waals surface area contributed by atoms with Gasteiger partial charge in [0.2, 0.25) is 0 Å². The van der Waals surface area contributed by atoms with Crippen LogP contribution in [0.4, 0.5) is 0 Å². The zero-order valence-corrected chi connectivity index (χ0v) is 76.2. The van der Waals surface area contributed by atoms with Gasteiger partial charge in [-0.1, -0.05) is 388 Å². The van der Waals surface area contributed by atoms with E-state index in [1.165, 1.54) is 128 Å². The van der Waals surface area contributed by atoms with E-state index in [4.69, 9.17) is 32.3 Å². The highest BCUT2D eigenvalue weighted by Crippen LogP contribution is 2.45. The van der Waals surface area contributed by atoms with Crippen LogP contribution in [0.3, 0.4) is 0 Å². The largest absolute Gasteiger partial charge is 0.472 e. The van der Waals surface area contributed by atoms with Crippen molar-refractivity contribution >= 4 is 33.6 Å². The van der Waals surface area contributed by atoms with Crippen LogP contribution in [-0.2, 0) is 55.8 Å². The molecule has 5 unspecified atom stereocenters. The molecule has 5 atom stereocenters. The summed E-state index contributed by atoms with van der Waals surface area (Å²) in [6.07, 6.45) is 123. The first-order valence-electron chi connectivity index (χ1n) is 46.4. The number of aliphatic hydroxyl groups is 2. The maximum absolute atomic E-state index is 13.0. The lowest BCUT2D eigenvalue weighted by Crippen LogP contribution is -2.29. The van der Waals surface area contributed by atoms with Crippen LogP contribution in [0.2, 0.25) is 0 Å². The molecule has 0 saturated heterocycles. The topological polar surface area (TPSA) is 231 Å². The van der Waals surface area contributed by atoms with Gasteiger partial charge in [0.05, 0.1) is 26.4 Å². The molecule has 0 spiro atoms. The van der Waals surface area contributed by atoms with Crippen molar-refractivity contribution in [1.82, 2.24) is 0 Å². The highest BCUT2D eigenvalue weighted by Gasteiger charge is 2.29. The fourth-order valence-corrected chi connectivity index (χ4v) is 13.7. The summed E-state index contributed by atoms with van der Waals surface area (Å²) < 4.78 is 61.4. The standard InChI is InChI=1S/C101H166O16P2/c1-4-7-10-13-16-19-22-25-28-31-34-36-38-40-42-44-46-47-49-51-52-54-56-58-61-63-66-69-72-75-78-81-84-87-99(104)111-90-96(102)91-113-118(107,108)114-92-97(103)93-115-119(109,110)116-95-98(117-101(106)89-86-83-80-77-74-71-68-65-60-33-30-27-24-21-18-15-12-9-6-3)94-112-100(105)88-85-82-79-76-73-70-67-64-62-59-57-55-53-50-48-45-43-41-39-37-35-32-29-26-23-20-17-14-11-8-5-2/h7-12,16-21,25-30,34-37,40-43,46-47,60,65,71,74,80,83,96-98,102-103H,4-6,13-15,22-24,31-33,38-39,44-45,48-59,61-64,66-70,72-73,75-79,81-82,84-95H2,1-3H3,(H,107,108)(H,109,110)/b10-7-,11-8-,12-9-,19-16-,20-17-,21-18-,28-25-,29-26-,30-27-,36-34-,37-35-,42-40-,43-41-,47-46-,65-60-,74-71-,83-80-. The molecule has 0 fully saturated rings. The molecule has 0 aliphatic carbocycles. The fourth-order valence-electron chi connectivity index (χ4n) is 12.1. The number of carbonyl (C=O) groups is 3. The smallest absolute Gasteiger partial charge is 0.463 e. The Morgan fingerprint density at radius 1 is 0.235 bits per heavy atom. The number of allylic oxidation sites excluding steroid dienone is 34. The van der Waals surface area contributed by atoms with Gasteiger partial charge in [0.25, 0.3) is 0 Å². The number of carbonyl (C=O) groups excluding carboxylic acids is 3. The maximum Gasteiger partial charge on any atom is 0.472 e. The molecule has 0 aromatic rings. The molecule has 0 heterocycles. The summed E-state index contributed by atoms with van der Waals surface area (Å²) >= 11 is 0. The van der Waals surface area contributed by atoms with E-state index in [0.29, 0.717) is 25.7 Å². The molecule has 0 radical (unpaired) electrons. The van der Waals surface area contributed by atoms with Crippen LogP contribution in [0.25, 0.3) is 0 Å². The van der Waals surface area contributed by atoms with Crippen LogP contribution in [-0.4, -0.2) is 95.9 Å². The van der Waals surface area contributed by atoms with Gasteiger partial charge < -0.3 is 34.2 Å². The van der Waals surface area contributed by atoms with Gasteiger partial charge in [-0.05, 0) is 154 Å². The van der Waals surface area contributed by atoms with Crippen molar-refractivity contribution in [1.29, 1.82) is 0 Å². The molecule has 0 aliphatic rings. The van der Waals surface area contributed by atoms with Gasteiger partial charge in [-0.25, -0.2) is 9.13 Å². The van der Waals surface area contributed by atoms with Gasteiger partial charge in [-0.2, -0.15) is 0 Å². The molecule has 18 heteroatoms. The summed E-state index contributed by atoms with van der Waals surface area (Å²) in [7, 11) is -9.84. The fraction of sp³-hybridized carbons (Fsp3) is 0.634. The molecule has 4 N–H and O–H groups in total. The predicted octanol–water partition coefficient (Wildman–Crippen LogP) is 28.8. The van der Waals surface area contributed by atoms with Crippen LogP contribution in [0.5, 0.6) is 0 Å². The Morgan fingerprint density at radius 3 is 0.697 bits per heavy atom. The molecule has 0 bridgehead atoms. The van der Waals surface area contributed by atoms with Crippen molar-refractivity contribution < 1.29 is 75.8 Å². The van der Waals surface area contributed by atoms with E-state index in [-0.39, 0.29) is 19.3 Å². The number of esters is 3. The third-order valence-electron chi connectivity index (χ3n) is 19.0. The molecule has 0 amide bonds. The van der Waals surface area contributed by atoms with Crippen molar-refractivity contribution in [2.24, 2.45) is 0 Å². The van der Waals surface area contributed by atoms with Gasteiger partial charge in [-0.3, -0.25) is 32.5 Å². The molecule has 16 nitrogen and oxygen atoms in total. The second-order valence-electron chi connectivity index (χ2n) is 30.3. The first kappa shape index (κ1) is 113. The first-order valence-corrected chi connectivity index (χ1v) is 49.4. The van der Waals surface area contributed by atoms with Crippen molar-refractivity contribution in [3.63, 3.8) is 0 Å². The Balaban J connectivity index is 4.58. The summed E-state index contributed by atoms with van der Waals surface area (Å²) in [5.74, 6) is -1.68. The molecule has 0 aromatic heterocycles. The van der Waals surface area contributed by atoms with Gasteiger partial charge in [0.1, 0.15) is 25.4 Å². The number of hydrogen-bond donors (Lipinski definition) is 4. The van der Waals surface area contributed by atoms with Gasteiger partial charge >= 0.3 is 33.6 Å². The van der Waals surface area contributed by atoms with Crippen LogP contribution < -0.4 is 0 Å². The van der Waals surface area contributed by atoms with Crippen molar-refractivity contribution in [3.8, 4) is 0 Å². The minimum atomic E-state index is -4.97. The minimum Gasteiger partial charge on any atom is -0.463 e. The molecular weight excluding hydrogens is 1530 g/mol. The molecule has 676 valence electrons. The van der Waals surface area contributed by atoms with E-state index in [2.05, 4.69) is 209 Å². The van der Waals surface area contributed by atoms with E-state index in [1.807, 2.05) is 18.2 Å². The SMILES string of the molecule is CC/C=C\C/C=C\C/C=C\C/C=C\C/C=C\C/C=C\CCCCCCCCCCCCCCCCC(=O)OCC(O)COP(=O)(O)OCC(O)COP(=O)(O)OCC(COC(=O)CCCCCCCCCCCCCCCCC/C=C\C/C=C\C/C=C\C/C=C\C/C=C\CC)OC(=O)CC/C=C\C/C=C\C/C=C\C/C=C\C/C=C\C/C=C\CC. The molecule has 0 rings (SSSR count). The maximum atomic E-state index is 13.0. The molecular formula is C101H166O16P2. The van der Waals surface area contributed by atoms with Gasteiger partial charge in [-0.15, -0.1) is 0 Å². The third kappa shape index (κ3) is 92.7. The molecule has 0 aromatic carbocycles. The zero-order valence-electron chi connectivity index (χ0n) is 74.5. The highest BCUT2D eigenvalue weighted by molar-refractivity contribution is 7.47. The van der Waals surface area contributed by atoms with E-state index < -0.39 is 91.5 Å². The van der Waals surface area contributed by atoms with Gasteiger partial charge in [0.15, 0.2) is 6.10 Å². The number of phosphoric acid groups is 2. The number of phosphoric ester groups is 2. The van der Waals surface area contributed by atoms with Crippen LogP contribution in [0, 0.1) is 0 Å². The van der Waals surface area contributed by atoms with Gasteiger partial charge in [0, 0.05) is 19.3 Å². The zero-order chi connectivity index (χ0) is 86.5. The molecule has 119 heavy (non-hydrogen) atoms. The lowest BCUT2D eigenvalue weighted by atomic mass is 10.0. The second-order valence-corrected chi connectivity index (χ2v) is 33.2. The number of aliphatic hydroxyl groups excluding tert-OH is 2. The number of ether oxygens (including phenoxy) is 3. The molecule has 0 aliphatic heterocycles. The summed E-state index contributed by atoms with van der Waals surface area (Å²) in [6, 6.07) is 0. The van der Waals surface area contributed by atoms with E-state index in [9.17, 15) is 43.5 Å². The lowest BCUT2D eigenvalue weighted by Gasteiger charge is -2.21. The Hall–Kier alpha value is -5.87. The Morgan fingerprint density at radius 2 is 0.437 bits per heavy atom. The van der Waals surface area contributed by atoms with Crippen molar-refractivity contribution in [2.45, 2.75) is 373 Å². The first-order chi connectivity index (χ1) is 58.2. The summed E-state index contributed by atoms with van der Waals surface area (Å²) in [4.78, 5) is 58.9. The van der Waals surface area contributed by atoms with E-state index >= 15 is 0 Å². The Kier molecular flexibility index (Phi) is 86.8. The highest BCUT2D eigenvalue weighted by atomic mass is 31.2. The quantitative estimate of drug-likeness (QED) is 0.0146. The molecule has 0 saturated carbocycles. The normalized spacial score (nSPS) is 14.7.